The number of carboxylic acids is 1. The quantitative estimate of drug-likeness (QED) is 0.875. The van der Waals surface area contributed by atoms with E-state index in [4.69, 9.17) is 16.7 Å². The van der Waals surface area contributed by atoms with Crippen molar-refractivity contribution in [1.29, 1.82) is 0 Å². The zero-order chi connectivity index (χ0) is 14.6. The molecule has 1 rings (SSSR count). The number of nitrogens with one attached hydrogen (secondary N) is 1. The number of hydrogen-bond acceptors (Lipinski definition) is 2. The maximum Gasteiger partial charge on any atom is 0.326 e. The maximum atomic E-state index is 13.5. The zero-order valence-electron chi connectivity index (χ0n) is 10.6. The third-order valence-electron chi connectivity index (χ3n) is 2.94. The summed E-state index contributed by atoms with van der Waals surface area (Å²) in [5, 5.41) is 11.5. The van der Waals surface area contributed by atoms with Gasteiger partial charge in [-0.05, 0) is 24.1 Å². The Labute approximate surface area is 115 Å². The van der Waals surface area contributed by atoms with Gasteiger partial charge in [-0.15, -0.1) is 0 Å². The molecule has 2 N–H and O–H groups in total. The predicted molar refractivity (Wildman–Crippen MR) is 69.8 cm³/mol. The normalized spacial score (nSPS) is 13.7. The van der Waals surface area contributed by atoms with E-state index in [-0.39, 0.29) is 16.5 Å². The molecule has 19 heavy (non-hydrogen) atoms. The van der Waals surface area contributed by atoms with Gasteiger partial charge in [-0.1, -0.05) is 31.9 Å². The number of carbonyl (C=O) groups excluding carboxylic acids is 1. The van der Waals surface area contributed by atoms with Crippen LogP contribution in [0.15, 0.2) is 18.2 Å². The van der Waals surface area contributed by atoms with Gasteiger partial charge in [0, 0.05) is 5.02 Å². The number of amides is 1. The fourth-order valence-corrected chi connectivity index (χ4v) is 1.73. The summed E-state index contributed by atoms with van der Waals surface area (Å²) < 4.78 is 13.5. The molecule has 1 unspecified atom stereocenters. The van der Waals surface area contributed by atoms with Crippen LogP contribution < -0.4 is 5.32 Å². The van der Waals surface area contributed by atoms with E-state index in [0.717, 1.165) is 6.07 Å². The molecule has 0 aliphatic carbocycles. The van der Waals surface area contributed by atoms with Crippen molar-refractivity contribution < 1.29 is 19.1 Å². The van der Waals surface area contributed by atoms with Crippen LogP contribution >= 0.6 is 11.6 Å². The molecule has 0 aromatic heterocycles. The van der Waals surface area contributed by atoms with Crippen molar-refractivity contribution in [3.63, 3.8) is 0 Å². The molecule has 0 bridgehead atoms. The van der Waals surface area contributed by atoms with Crippen LogP contribution in [-0.4, -0.2) is 23.0 Å². The van der Waals surface area contributed by atoms with Gasteiger partial charge in [0.25, 0.3) is 5.91 Å². The molecule has 4 nitrogen and oxygen atoms in total. The molecule has 0 heterocycles. The van der Waals surface area contributed by atoms with E-state index in [1.807, 2.05) is 6.92 Å². The highest BCUT2D eigenvalue weighted by Crippen LogP contribution is 2.15. The lowest BCUT2D eigenvalue weighted by Gasteiger charge is -2.20. The third kappa shape index (κ3) is 3.92. The van der Waals surface area contributed by atoms with Crippen molar-refractivity contribution in [1.82, 2.24) is 5.32 Å². The van der Waals surface area contributed by atoms with Crippen LogP contribution in [0, 0.1) is 11.7 Å². The summed E-state index contributed by atoms with van der Waals surface area (Å²) in [6.45, 7) is 3.52. The Balaban J connectivity index is 2.91. The largest absolute Gasteiger partial charge is 0.480 e. The summed E-state index contributed by atoms with van der Waals surface area (Å²) in [5.74, 6) is -2.94. The van der Waals surface area contributed by atoms with E-state index >= 15 is 0 Å². The first-order valence-electron chi connectivity index (χ1n) is 5.85. The molecule has 0 spiro atoms. The zero-order valence-corrected chi connectivity index (χ0v) is 11.4. The highest BCUT2D eigenvalue weighted by Gasteiger charge is 2.26. The van der Waals surface area contributed by atoms with E-state index in [0.29, 0.717) is 6.42 Å². The number of hydrogen-bond donors (Lipinski definition) is 2. The third-order valence-corrected chi connectivity index (χ3v) is 3.18. The van der Waals surface area contributed by atoms with Crippen LogP contribution in [0.2, 0.25) is 5.02 Å². The van der Waals surface area contributed by atoms with Gasteiger partial charge in [0.2, 0.25) is 0 Å². The highest BCUT2D eigenvalue weighted by molar-refractivity contribution is 6.30. The van der Waals surface area contributed by atoms with Gasteiger partial charge < -0.3 is 10.4 Å². The van der Waals surface area contributed by atoms with Crippen LogP contribution in [0.1, 0.15) is 30.6 Å². The van der Waals surface area contributed by atoms with Crippen molar-refractivity contribution in [2.75, 3.05) is 0 Å². The van der Waals surface area contributed by atoms with E-state index in [2.05, 4.69) is 5.32 Å². The standard InChI is InChI=1S/C13H15ClFNO3/c1-3-7(2)11(13(18)19)16-12(17)9-5-4-8(14)6-10(9)15/h4-7,11H,3H2,1-2H3,(H,16,17)(H,18,19)/t7?,11-/m0/s1. The Morgan fingerprint density at radius 3 is 2.58 bits per heavy atom. The topological polar surface area (TPSA) is 66.4 Å². The Hall–Kier alpha value is -1.62. The Kier molecular flexibility index (Phi) is 5.30. The van der Waals surface area contributed by atoms with Crippen LogP contribution in [0.4, 0.5) is 4.39 Å². The van der Waals surface area contributed by atoms with Gasteiger partial charge in [-0.3, -0.25) is 4.79 Å². The molecular weight excluding hydrogens is 273 g/mol. The second-order valence-corrected chi connectivity index (χ2v) is 4.74. The first kappa shape index (κ1) is 15.4. The van der Waals surface area contributed by atoms with Gasteiger partial charge in [-0.2, -0.15) is 0 Å². The molecule has 2 atom stereocenters. The highest BCUT2D eigenvalue weighted by atomic mass is 35.5. The van der Waals surface area contributed by atoms with Crippen molar-refractivity contribution in [2.45, 2.75) is 26.3 Å². The number of halogens is 2. The molecule has 6 heteroatoms. The van der Waals surface area contributed by atoms with Crippen LogP contribution in [0.5, 0.6) is 0 Å². The lowest BCUT2D eigenvalue weighted by atomic mass is 9.99. The summed E-state index contributed by atoms with van der Waals surface area (Å²) in [5.41, 5.74) is -0.223. The van der Waals surface area contributed by atoms with E-state index < -0.39 is 23.7 Å². The van der Waals surface area contributed by atoms with Crippen molar-refractivity contribution in [3.05, 3.63) is 34.6 Å². The minimum absolute atomic E-state index is 0.172. The molecule has 0 aliphatic rings. The number of rotatable bonds is 5. The molecule has 0 saturated heterocycles. The Morgan fingerprint density at radius 2 is 2.11 bits per heavy atom. The molecule has 1 aromatic rings. The van der Waals surface area contributed by atoms with Crippen LogP contribution in [0.3, 0.4) is 0 Å². The number of carboxylic acid groups (broad SMARTS) is 1. The first-order chi connectivity index (χ1) is 8.86. The lowest BCUT2D eigenvalue weighted by Crippen LogP contribution is -2.45. The lowest BCUT2D eigenvalue weighted by molar-refractivity contribution is -0.140. The fraction of sp³-hybridized carbons (Fsp3) is 0.385. The summed E-state index contributed by atoms with van der Waals surface area (Å²) in [4.78, 5) is 22.9. The first-order valence-corrected chi connectivity index (χ1v) is 6.23. The Morgan fingerprint density at radius 1 is 1.47 bits per heavy atom. The summed E-state index contributed by atoms with van der Waals surface area (Å²) >= 11 is 5.58. The number of aliphatic carboxylic acids is 1. The molecular formula is C13H15ClFNO3. The van der Waals surface area contributed by atoms with Crippen molar-refractivity contribution in [2.24, 2.45) is 5.92 Å². The molecule has 1 amide bonds. The molecule has 0 fully saturated rings. The number of carbonyl (C=O) groups is 2. The van der Waals surface area contributed by atoms with Crippen LogP contribution in [-0.2, 0) is 4.79 Å². The average molecular weight is 288 g/mol. The van der Waals surface area contributed by atoms with Crippen molar-refractivity contribution in [3.8, 4) is 0 Å². The molecule has 0 aliphatic heterocycles. The van der Waals surface area contributed by atoms with Gasteiger partial charge in [0.15, 0.2) is 0 Å². The molecule has 104 valence electrons. The minimum atomic E-state index is -1.14. The van der Waals surface area contributed by atoms with Gasteiger partial charge in [0.1, 0.15) is 11.9 Å². The minimum Gasteiger partial charge on any atom is -0.480 e. The molecule has 1 aromatic carbocycles. The van der Waals surface area contributed by atoms with Crippen LogP contribution in [0.25, 0.3) is 0 Å². The van der Waals surface area contributed by atoms with E-state index in [1.165, 1.54) is 12.1 Å². The maximum absolute atomic E-state index is 13.5. The van der Waals surface area contributed by atoms with Gasteiger partial charge in [-0.25, -0.2) is 9.18 Å². The van der Waals surface area contributed by atoms with E-state index in [1.54, 1.807) is 6.92 Å². The predicted octanol–water partition coefficient (Wildman–Crippen LogP) is 2.71. The van der Waals surface area contributed by atoms with Gasteiger partial charge >= 0.3 is 5.97 Å². The van der Waals surface area contributed by atoms with Gasteiger partial charge in [0.05, 0.1) is 5.56 Å². The SMILES string of the molecule is CCC(C)[C@H](NC(=O)c1ccc(Cl)cc1F)C(=O)O. The van der Waals surface area contributed by atoms with E-state index in [9.17, 15) is 14.0 Å². The summed E-state index contributed by atoms with van der Waals surface area (Å²) in [7, 11) is 0. The number of benzene rings is 1. The fourth-order valence-electron chi connectivity index (χ4n) is 1.58. The molecule has 0 radical (unpaired) electrons. The Bertz CT molecular complexity index is 493. The smallest absolute Gasteiger partial charge is 0.326 e. The second-order valence-electron chi connectivity index (χ2n) is 4.30. The molecule has 0 saturated carbocycles. The monoisotopic (exact) mass is 287 g/mol. The summed E-state index contributed by atoms with van der Waals surface area (Å²) in [6.07, 6.45) is 0.584. The summed E-state index contributed by atoms with van der Waals surface area (Å²) in [6, 6.07) is 2.56. The second kappa shape index (κ2) is 6.52. The average Bonchev–Trinajstić information content (AvgIpc) is 2.34. The van der Waals surface area contributed by atoms with Crippen molar-refractivity contribution >= 4 is 23.5 Å².